The maximum Gasteiger partial charge on any atom is 0.196 e. The third-order valence-electron chi connectivity index (χ3n) is 2.51. The highest BCUT2D eigenvalue weighted by molar-refractivity contribution is 9.10. The van der Waals surface area contributed by atoms with Gasteiger partial charge in [-0.3, -0.25) is 0 Å². The Labute approximate surface area is 103 Å². The minimum Gasteiger partial charge on any atom is -0.440 e. The number of halogens is 1. The van der Waals surface area contributed by atoms with Crippen molar-refractivity contribution in [2.75, 3.05) is 6.54 Å². The number of aromatic nitrogens is 1. The van der Waals surface area contributed by atoms with Crippen LogP contribution in [0.5, 0.6) is 0 Å². The number of nitrogens with two attached hydrogens (primary N) is 1. The van der Waals surface area contributed by atoms with Crippen molar-refractivity contribution >= 4 is 27.0 Å². The fourth-order valence-electron chi connectivity index (χ4n) is 1.73. The number of nitrogens with zero attached hydrogens (tertiary/aromatic N) is 1. The van der Waals surface area contributed by atoms with E-state index in [1.165, 1.54) is 5.56 Å². The van der Waals surface area contributed by atoms with Crippen molar-refractivity contribution in [2.24, 2.45) is 5.73 Å². The molecule has 0 aliphatic heterocycles. The van der Waals surface area contributed by atoms with Crippen LogP contribution < -0.4 is 5.73 Å². The lowest BCUT2D eigenvalue weighted by Crippen LogP contribution is -2.02. The van der Waals surface area contributed by atoms with Gasteiger partial charge in [0.15, 0.2) is 11.5 Å². The Kier molecular flexibility index (Phi) is 3.30. The van der Waals surface area contributed by atoms with Crippen molar-refractivity contribution in [1.29, 1.82) is 0 Å². The highest BCUT2D eigenvalue weighted by Crippen LogP contribution is 2.30. The zero-order chi connectivity index (χ0) is 11.7. The molecule has 2 N–H and O–H groups in total. The van der Waals surface area contributed by atoms with Crippen LogP contribution in [0.25, 0.3) is 11.1 Å². The minimum atomic E-state index is 0.415. The maximum atomic E-state index is 5.74. The fourth-order valence-corrected chi connectivity index (χ4v) is 2.19. The standard InChI is InChI=1S/C12H15BrN2O/c1-7(2)9-5-8(13)6-10-12(9)16-11(15-10)3-4-14/h5-7H,3-4,14H2,1-2H3. The molecule has 0 amide bonds. The average molecular weight is 283 g/mol. The van der Waals surface area contributed by atoms with E-state index < -0.39 is 0 Å². The molecule has 16 heavy (non-hydrogen) atoms. The average Bonchev–Trinajstić information content (AvgIpc) is 2.59. The molecule has 1 aromatic carbocycles. The largest absolute Gasteiger partial charge is 0.440 e. The molecule has 4 heteroatoms. The number of hydrogen-bond donors (Lipinski definition) is 1. The zero-order valence-corrected chi connectivity index (χ0v) is 11.0. The molecule has 3 nitrogen and oxygen atoms in total. The van der Waals surface area contributed by atoms with Gasteiger partial charge >= 0.3 is 0 Å². The number of benzene rings is 1. The fraction of sp³-hybridized carbons (Fsp3) is 0.417. The van der Waals surface area contributed by atoms with Crippen LogP contribution in [-0.2, 0) is 6.42 Å². The molecule has 0 fully saturated rings. The first-order valence-electron chi connectivity index (χ1n) is 5.40. The van der Waals surface area contributed by atoms with E-state index in [2.05, 4.69) is 40.8 Å². The summed E-state index contributed by atoms with van der Waals surface area (Å²) >= 11 is 3.49. The van der Waals surface area contributed by atoms with Gasteiger partial charge in [0.25, 0.3) is 0 Å². The molecule has 0 saturated heterocycles. The zero-order valence-electron chi connectivity index (χ0n) is 9.46. The van der Waals surface area contributed by atoms with Crippen molar-refractivity contribution in [2.45, 2.75) is 26.2 Å². The summed E-state index contributed by atoms with van der Waals surface area (Å²) in [6.45, 7) is 4.85. The third-order valence-corrected chi connectivity index (χ3v) is 2.97. The minimum absolute atomic E-state index is 0.415. The van der Waals surface area contributed by atoms with Crippen LogP contribution >= 0.6 is 15.9 Å². The van der Waals surface area contributed by atoms with Crippen LogP contribution in [-0.4, -0.2) is 11.5 Å². The Hall–Kier alpha value is -0.870. The Morgan fingerprint density at radius 3 is 2.81 bits per heavy atom. The smallest absolute Gasteiger partial charge is 0.196 e. The summed E-state index contributed by atoms with van der Waals surface area (Å²) in [6.07, 6.45) is 0.684. The second-order valence-corrected chi connectivity index (χ2v) is 5.06. The molecule has 0 aliphatic rings. The molecule has 1 aromatic heterocycles. The van der Waals surface area contributed by atoms with Crippen LogP contribution in [0.15, 0.2) is 21.0 Å². The van der Waals surface area contributed by atoms with Gasteiger partial charge in [-0.05, 0) is 18.1 Å². The van der Waals surface area contributed by atoms with Gasteiger partial charge in [-0.25, -0.2) is 4.98 Å². The summed E-state index contributed by atoms with van der Waals surface area (Å²) in [6, 6.07) is 4.06. The summed E-state index contributed by atoms with van der Waals surface area (Å²) in [4.78, 5) is 4.43. The molecule has 0 saturated carbocycles. The number of fused-ring (bicyclic) bond motifs is 1. The van der Waals surface area contributed by atoms with Gasteiger partial charge in [0.1, 0.15) is 5.52 Å². The molecule has 0 unspecified atom stereocenters. The third kappa shape index (κ3) is 2.13. The second kappa shape index (κ2) is 4.55. The lowest BCUT2D eigenvalue weighted by atomic mass is 10.0. The van der Waals surface area contributed by atoms with E-state index in [1.807, 2.05) is 6.07 Å². The molecule has 0 spiro atoms. The predicted molar refractivity (Wildman–Crippen MR) is 68.6 cm³/mol. The van der Waals surface area contributed by atoms with Crippen LogP contribution in [0.4, 0.5) is 0 Å². The monoisotopic (exact) mass is 282 g/mol. The summed E-state index contributed by atoms with van der Waals surface area (Å²) in [5.74, 6) is 1.14. The summed E-state index contributed by atoms with van der Waals surface area (Å²) in [5, 5.41) is 0. The number of oxazole rings is 1. The Bertz CT molecular complexity index is 505. The van der Waals surface area contributed by atoms with Crippen molar-refractivity contribution < 1.29 is 4.42 Å². The van der Waals surface area contributed by atoms with E-state index >= 15 is 0 Å². The van der Waals surface area contributed by atoms with Crippen LogP contribution in [0.1, 0.15) is 31.2 Å². The second-order valence-electron chi connectivity index (χ2n) is 4.14. The van der Waals surface area contributed by atoms with Gasteiger partial charge < -0.3 is 10.2 Å². The molecular weight excluding hydrogens is 268 g/mol. The summed E-state index contributed by atoms with van der Waals surface area (Å²) in [5.41, 5.74) is 8.48. The van der Waals surface area contributed by atoms with Crippen LogP contribution in [0, 0.1) is 0 Å². The maximum absolute atomic E-state index is 5.74. The highest BCUT2D eigenvalue weighted by atomic mass is 79.9. The Balaban J connectivity index is 2.60. The first-order valence-corrected chi connectivity index (χ1v) is 6.20. The normalized spacial score (nSPS) is 11.6. The lowest BCUT2D eigenvalue weighted by Gasteiger charge is -2.05. The van der Waals surface area contributed by atoms with Gasteiger partial charge in [-0.1, -0.05) is 29.8 Å². The van der Waals surface area contributed by atoms with E-state index in [0.29, 0.717) is 18.9 Å². The van der Waals surface area contributed by atoms with Gasteiger partial charge in [0.05, 0.1) is 0 Å². The lowest BCUT2D eigenvalue weighted by molar-refractivity contribution is 0.527. The molecule has 1 heterocycles. The number of hydrogen-bond acceptors (Lipinski definition) is 3. The molecule has 0 radical (unpaired) electrons. The topological polar surface area (TPSA) is 52.0 Å². The SMILES string of the molecule is CC(C)c1cc(Br)cc2nc(CCN)oc12. The van der Waals surface area contributed by atoms with E-state index in [1.54, 1.807) is 0 Å². The van der Waals surface area contributed by atoms with Crippen LogP contribution in [0.3, 0.4) is 0 Å². The molecule has 2 rings (SSSR count). The summed E-state index contributed by atoms with van der Waals surface area (Å²) < 4.78 is 6.78. The van der Waals surface area contributed by atoms with Crippen LogP contribution in [0.2, 0.25) is 0 Å². The first-order chi connectivity index (χ1) is 7.61. The Morgan fingerprint density at radius 2 is 2.19 bits per heavy atom. The predicted octanol–water partition coefficient (Wildman–Crippen LogP) is 3.21. The van der Waals surface area contributed by atoms with Crippen molar-refractivity contribution in [3.05, 3.63) is 28.1 Å². The van der Waals surface area contributed by atoms with E-state index in [4.69, 9.17) is 10.2 Å². The van der Waals surface area contributed by atoms with E-state index in [0.717, 1.165) is 21.5 Å². The van der Waals surface area contributed by atoms with E-state index in [-0.39, 0.29) is 0 Å². The molecule has 0 bridgehead atoms. The highest BCUT2D eigenvalue weighted by Gasteiger charge is 2.13. The van der Waals surface area contributed by atoms with Gasteiger partial charge in [0, 0.05) is 23.0 Å². The molecule has 86 valence electrons. The van der Waals surface area contributed by atoms with Gasteiger partial charge in [0.2, 0.25) is 0 Å². The first kappa shape index (κ1) is 11.6. The number of rotatable bonds is 3. The quantitative estimate of drug-likeness (QED) is 0.941. The van der Waals surface area contributed by atoms with Crippen molar-refractivity contribution in [3.8, 4) is 0 Å². The molecule has 0 aliphatic carbocycles. The summed E-state index contributed by atoms with van der Waals surface area (Å²) in [7, 11) is 0. The van der Waals surface area contributed by atoms with E-state index in [9.17, 15) is 0 Å². The molecule has 2 aromatic rings. The Morgan fingerprint density at radius 1 is 1.44 bits per heavy atom. The molecule has 0 atom stereocenters. The van der Waals surface area contributed by atoms with Crippen molar-refractivity contribution in [3.63, 3.8) is 0 Å². The van der Waals surface area contributed by atoms with Gasteiger partial charge in [-0.2, -0.15) is 0 Å². The molecular formula is C12H15BrN2O. The van der Waals surface area contributed by atoms with Gasteiger partial charge in [-0.15, -0.1) is 0 Å². The van der Waals surface area contributed by atoms with Crippen molar-refractivity contribution in [1.82, 2.24) is 4.98 Å².